The number of imidazole rings is 2. The van der Waals surface area contributed by atoms with Crippen molar-refractivity contribution in [2.75, 3.05) is 0 Å². The second kappa shape index (κ2) is 21.4. The Kier molecular flexibility index (Phi) is 12.1. The van der Waals surface area contributed by atoms with Crippen LogP contribution in [0, 0.1) is 0 Å². The Balaban J connectivity index is 0.000000133. The number of hydrogen-bond donors (Lipinski definition) is 0. The summed E-state index contributed by atoms with van der Waals surface area (Å²) in [5, 5.41) is 18.9. The summed E-state index contributed by atoms with van der Waals surface area (Å²) in [4.78, 5) is 30.5. The van der Waals surface area contributed by atoms with Gasteiger partial charge in [-0.05, 0) is 106 Å². The Morgan fingerprint density at radius 3 is 0.968 bits per heavy atom. The molecule has 0 bridgehead atoms. The average molecular weight is 1200 g/mol. The van der Waals surface area contributed by atoms with Crippen molar-refractivity contribution in [2.24, 2.45) is 0 Å². The molecule has 0 unspecified atom stereocenters. The predicted molar refractivity (Wildman–Crippen MR) is 390 cm³/mol. The van der Waals surface area contributed by atoms with Crippen LogP contribution in [0.2, 0.25) is 0 Å². The van der Waals surface area contributed by atoms with E-state index in [2.05, 4.69) is 276 Å². The number of pyridine rings is 4. The molecule has 20 rings (SSSR count). The van der Waals surface area contributed by atoms with Crippen molar-refractivity contribution in [3.05, 3.63) is 316 Å². The largest absolute Gasteiger partial charge is 0.292 e. The molecule has 0 aliphatic carbocycles. The first-order chi connectivity index (χ1) is 46.7. The van der Waals surface area contributed by atoms with Gasteiger partial charge in [0.2, 0.25) is 0 Å². The molecule has 0 saturated heterocycles. The number of nitrogens with zero attached hydrogens (tertiary/aromatic N) is 8. The zero-order valence-electron chi connectivity index (χ0n) is 50.6. The Labute approximate surface area is 538 Å². The van der Waals surface area contributed by atoms with Gasteiger partial charge in [0.15, 0.2) is 0 Å². The van der Waals surface area contributed by atoms with Crippen LogP contribution < -0.4 is 0 Å². The van der Waals surface area contributed by atoms with E-state index in [1.807, 2.05) is 48.8 Å². The molecule has 436 valence electrons. The third-order valence-electron chi connectivity index (χ3n) is 18.8. The SMILES string of the molecule is c1ccc(-c2nc3ccccc3n2-c2ccc(-c3ccc4c(n3)c3ccccc3c3c5cccnc5c5ccccc5c43)cc2)cc1.c1ccc(-n2c(-c3ccc(-c4ccc5c(n4)c4ccccc4c4c6cccnc6c6ccccc6c54)cc3)nc3ccccc32)cc1. The molecule has 0 saturated carbocycles. The lowest BCUT2D eigenvalue weighted by Crippen LogP contribution is -1.97. The van der Waals surface area contributed by atoms with E-state index in [1.54, 1.807) is 0 Å². The summed E-state index contributed by atoms with van der Waals surface area (Å²) in [7, 11) is 0. The molecule has 0 aliphatic rings. The standard InChI is InChI=1S/2C43H26N4/c1-2-11-29(12-3-1)47-38-19-9-8-18-37(38)46-43(47)28-22-20-27(21-23-28)36-25-24-35-40-30-13-4-6-15-32(30)41-34(17-10-26-44-41)39(40)31-14-5-7-16-33(31)42(35)45-36;1-2-11-28(12-3-1)43-46-37-18-8-9-19-38(37)47(43)29-22-20-27(21-23-29)36-25-24-35-40-30-13-4-6-15-32(30)41-34(17-10-26-44-41)39(40)31-14-5-7-16-33(31)42(35)45-36/h2*1-26H. The van der Waals surface area contributed by atoms with E-state index in [-0.39, 0.29) is 0 Å². The summed E-state index contributed by atoms with van der Waals surface area (Å²) in [6, 6.07) is 107. The van der Waals surface area contributed by atoms with Crippen molar-refractivity contribution in [3.8, 4) is 56.7 Å². The summed E-state index contributed by atoms with van der Waals surface area (Å²) < 4.78 is 4.48. The summed E-state index contributed by atoms with van der Waals surface area (Å²) in [5.74, 6) is 1.85. The van der Waals surface area contributed by atoms with E-state index in [1.165, 1.54) is 53.9 Å². The quantitative estimate of drug-likeness (QED) is 0.154. The molecule has 0 aliphatic heterocycles. The number of rotatable bonds is 6. The van der Waals surface area contributed by atoms with Crippen LogP contribution in [0.1, 0.15) is 0 Å². The number of fused-ring (bicyclic) bond motifs is 24. The molecule has 14 aromatic carbocycles. The minimum atomic E-state index is 0.918. The molecule has 8 heteroatoms. The zero-order chi connectivity index (χ0) is 61.8. The number of hydrogen-bond acceptors (Lipinski definition) is 6. The molecule has 0 fully saturated rings. The van der Waals surface area contributed by atoms with Crippen molar-refractivity contribution in [2.45, 2.75) is 0 Å². The number of aromatic nitrogens is 8. The van der Waals surface area contributed by atoms with Crippen molar-refractivity contribution >= 4 is 130 Å². The van der Waals surface area contributed by atoms with Crippen LogP contribution in [0.3, 0.4) is 0 Å². The van der Waals surface area contributed by atoms with Gasteiger partial charge in [-0.15, -0.1) is 0 Å². The van der Waals surface area contributed by atoms with E-state index in [0.29, 0.717) is 0 Å². The van der Waals surface area contributed by atoms with E-state index in [0.717, 1.165) is 133 Å². The zero-order valence-corrected chi connectivity index (χ0v) is 50.6. The Morgan fingerprint density at radius 2 is 0.521 bits per heavy atom. The first-order valence-electron chi connectivity index (χ1n) is 31.8. The minimum absolute atomic E-state index is 0.918. The van der Waals surface area contributed by atoms with Crippen LogP contribution in [-0.2, 0) is 0 Å². The van der Waals surface area contributed by atoms with Gasteiger partial charge in [0.1, 0.15) is 11.6 Å². The van der Waals surface area contributed by atoms with Gasteiger partial charge in [-0.2, -0.15) is 0 Å². The first-order valence-corrected chi connectivity index (χ1v) is 31.8. The molecule has 0 atom stereocenters. The molecule has 20 aromatic rings. The molecular weight excluding hydrogens is 1150 g/mol. The summed E-state index contributed by atoms with van der Waals surface area (Å²) in [6.45, 7) is 0. The van der Waals surface area contributed by atoms with E-state index in [9.17, 15) is 0 Å². The summed E-state index contributed by atoms with van der Waals surface area (Å²) in [6.07, 6.45) is 3.78. The molecule has 0 spiro atoms. The van der Waals surface area contributed by atoms with Crippen LogP contribution in [-0.4, -0.2) is 39.0 Å². The highest BCUT2D eigenvalue weighted by Crippen LogP contribution is 2.46. The maximum absolute atomic E-state index is 5.38. The Morgan fingerprint density at radius 1 is 0.202 bits per heavy atom. The van der Waals surface area contributed by atoms with Crippen molar-refractivity contribution in [1.82, 2.24) is 39.0 Å². The van der Waals surface area contributed by atoms with Gasteiger partial charge in [0, 0.05) is 111 Å². The van der Waals surface area contributed by atoms with Crippen LogP contribution in [0.15, 0.2) is 316 Å². The second-order valence-electron chi connectivity index (χ2n) is 24.0. The van der Waals surface area contributed by atoms with Gasteiger partial charge in [0.25, 0.3) is 0 Å². The fraction of sp³-hybridized carbons (Fsp3) is 0. The lowest BCUT2D eigenvalue weighted by atomic mass is 9.90. The van der Waals surface area contributed by atoms with Crippen molar-refractivity contribution in [1.29, 1.82) is 0 Å². The highest BCUT2D eigenvalue weighted by atomic mass is 15.1. The first kappa shape index (κ1) is 53.1. The molecule has 8 nitrogen and oxygen atoms in total. The highest BCUT2D eigenvalue weighted by Gasteiger charge is 2.22. The molecule has 6 aromatic heterocycles. The molecule has 94 heavy (non-hydrogen) atoms. The van der Waals surface area contributed by atoms with E-state index < -0.39 is 0 Å². The van der Waals surface area contributed by atoms with E-state index in [4.69, 9.17) is 29.9 Å². The fourth-order valence-electron chi connectivity index (χ4n) is 14.7. The smallest absolute Gasteiger partial charge is 0.145 e. The maximum atomic E-state index is 5.38. The minimum Gasteiger partial charge on any atom is -0.292 e. The monoisotopic (exact) mass is 1200 g/mol. The number of para-hydroxylation sites is 5. The Hall–Kier alpha value is -12.8. The number of benzene rings is 14. The Bertz CT molecular complexity index is 6450. The lowest BCUT2D eigenvalue weighted by molar-refractivity contribution is 1.10. The van der Waals surface area contributed by atoms with Crippen LogP contribution >= 0.6 is 0 Å². The lowest BCUT2D eigenvalue weighted by Gasteiger charge is -2.16. The molecule has 0 N–H and O–H groups in total. The van der Waals surface area contributed by atoms with Gasteiger partial charge >= 0.3 is 0 Å². The van der Waals surface area contributed by atoms with Gasteiger partial charge in [0.05, 0.1) is 55.5 Å². The molecule has 0 radical (unpaired) electrons. The second-order valence-corrected chi connectivity index (χ2v) is 24.0. The van der Waals surface area contributed by atoms with Crippen LogP contribution in [0.25, 0.3) is 187 Å². The summed E-state index contributed by atoms with van der Waals surface area (Å²) >= 11 is 0. The normalized spacial score (nSPS) is 11.8. The van der Waals surface area contributed by atoms with E-state index >= 15 is 0 Å². The fourth-order valence-corrected chi connectivity index (χ4v) is 14.7. The van der Waals surface area contributed by atoms with Gasteiger partial charge < -0.3 is 0 Å². The maximum Gasteiger partial charge on any atom is 0.145 e. The van der Waals surface area contributed by atoms with Gasteiger partial charge in [-0.3, -0.25) is 19.1 Å². The van der Waals surface area contributed by atoms with Crippen molar-refractivity contribution in [3.63, 3.8) is 0 Å². The molecular formula is C86H52N8. The molecule has 6 heterocycles. The van der Waals surface area contributed by atoms with Gasteiger partial charge in [-0.25, -0.2) is 19.9 Å². The van der Waals surface area contributed by atoms with Crippen molar-refractivity contribution < 1.29 is 0 Å². The van der Waals surface area contributed by atoms with Gasteiger partial charge in [-0.1, -0.05) is 218 Å². The average Bonchev–Trinajstić information content (AvgIpc) is 1.02. The summed E-state index contributed by atoms with van der Waals surface area (Å²) in [5.41, 5.74) is 16.5. The van der Waals surface area contributed by atoms with Crippen LogP contribution in [0.4, 0.5) is 0 Å². The predicted octanol–water partition coefficient (Wildman–Crippen LogP) is 21.8. The third-order valence-corrected chi connectivity index (χ3v) is 18.8. The topological polar surface area (TPSA) is 87.2 Å². The molecule has 0 amide bonds. The van der Waals surface area contributed by atoms with Crippen LogP contribution in [0.5, 0.6) is 0 Å². The highest BCUT2D eigenvalue weighted by molar-refractivity contribution is 6.40. The third kappa shape index (κ3) is 8.33.